The first-order chi connectivity index (χ1) is 13.1. The summed E-state index contributed by atoms with van der Waals surface area (Å²) < 4.78 is 9.94. The van der Waals surface area contributed by atoms with Crippen LogP contribution in [-0.2, 0) is 16.1 Å². The number of nitrogens with one attached hydrogen (secondary N) is 1. The predicted octanol–water partition coefficient (Wildman–Crippen LogP) is 3.47. The van der Waals surface area contributed by atoms with Crippen molar-refractivity contribution in [3.63, 3.8) is 0 Å². The Morgan fingerprint density at radius 3 is 2.52 bits per heavy atom. The maximum Gasteiger partial charge on any atom is 0.337 e. The first-order valence-electron chi connectivity index (χ1n) is 8.99. The van der Waals surface area contributed by atoms with Gasteiger partial charge in [-0.05, 0) is 48.7 Å². The van der Waals surface area contributed by atoms with Crippen molar-refractivity contribution in [1.82, 2.24) is 0 Å². The van der Waals surface area contributed by atoms with E-state index in [0.29, 0.717) is 23.4 Å². The molecule has 3 rings (SSSR count). The lowest BCUT2D eigenvalue weighted by Gasteiger charge is -2.22. The summed E-state index contributed by atoms with van der Waals surface area (Å²) in [5.41, 5.74) is 3.40. The lowest BCUT2D eigenvalue weighted by atomic mass is 10.1. The van der Waals surface area contributed by atoms with E-state index < -0.39 is 5.97 Å². The fourth-order valence-electron chi connectivity index (χ4n) is 3.28. The monoisotopic (exact) mass is 368 g/mol. The highest BCUT2D eigenvalue weighted by Crippen LogP contribution is 2.30. The Bertz CT molecular complexity index is 829. The van der Waals surface area contributed by atoms with E-state index >= 15 is 0 Å². The molecule has 1 fully saturated rings. The number of carbonyl (C=O) groups excluding carboxylic acids is 2. The molecule has 1 heterocycles. The molecule has 0 saturated carbocycles. The summed E-state index contributed by atoms with van der Waals surface area (Å²) in [5, 5.41) is 2.96. The van der Waals surface area contributed by atoms with Crippen LogP contribution in [0.2, 0.25) is 0 Å². The number of anilines is 2. The van der Waals surface area contributed by atoms with Gasteiger partial charge in [0.15, 0.2) is 0 Å². The van der Waals surface area contributed by atoms with E-state index in [1.54, 1.807) is 31.4 Å². The maximum atomic E-state index is 12.8. The van der Waals surface area contributed by atoms with Gasteiger partial charge in [-0.3, -0.25) is 4.79 Å². The van der Waals surface area contributed by atoms with Crippen LogP contribution in [0.4, 0.5) is 11.4 Å². The van der Waals surface area contributed by atoms with Gasteiger partial charge in [-0.2, -0.15) is 0 Å². The van der Waals surface area contributed by atoms with Crippen LogP contribution >= 0.6 is 0 Å². The molecule has 27 heavy (non-hydrogen) atoms. The van der Waals surface area contributed by atoms with E-state index in [-0.39, 0.29) is 5.91 Å². The number of methoxy groups -OCH3 is 2. The Morgan fingerprint density at radius 1 is 1.04 bits per heavy atom. The van der Waals surface area contributed by atoms with Gasteiger partial charge < -0.3 is 19.7 Å². The highest BCUT2D eigenvalue weighted by atomic mass is 16.5. The van der Waals surface area contributed by atoms with Crippen molar-refractivity contribution in [3.8, 4) is 0 Å². The second-order valence-corrected chi connectivity index (χ2v) is 6.51. The summed E-state index contributed by atoms with van der Waals surface area (Å²) in [6.07, 6.45) is 2.23. The van der Waals surface area contributed by atoms with E-state index in [9.17, 15) is 9.59 Å². The number of hydrogen-bond acceptors (Lipinski definition) is 5. The molecule has 0 bridgehead atoms. The summed E-state index contributed by atoms with van der Waals surface area (Å²) in [6.45, 7) is 2.31. The smallest absolute Gasteiger partial charge is 0.337 e. The Kier molecular flexibility index (Phi) is 6.08. The zero-order valence-corrected chi connectivity index (χ0v) is 15.7. The molecule has 1 aliphatic rings. The van der Waals surface area contributed by atoms with Gasteiger partial charge in [0.25, 0.3) is 5.91 Å². The first kappa shape index (κ1) is 18.9. The van der Waals surface area contributed by atoms with Gasteiger partial charge in [-0.1, -0.05) is 12.1 Å². The van der Waals surface area contributed by atoms with Crippen molar-refractivity contribution in [2.75, 3.05) is 37.5 Å². The molecule has 1 aliphatic heterocycles. The Labute approximate surface area is 159 Å². The average Bonchev–Trinajstić information content (AvgIpc) is 3.22. The molecule has 1 saturated heterocycles. The molecule has 0 aromatic heterocycles. The predicted molar refractivity (Wildman–Crippen MR) is 104 cm³/mol. The molecule has 0 radical (unpaired) electrons. The van der Waals surface area contributed by atoms with Gasteiger partial charge in [0.2, 0.25) is 0 Å². The molecule has 0 aliphatic carbocycles. The van der Waals surface area contributed by atoms with Crippen LogP contribution < -0.4 is 10.2 Å². The zero-order valence-electron chi connectivity index (χ0n) is 15.7. The van der Waals surface area contributed by atoms with E-state index in [0.717, 1.165) is 37.2 Å². The van der Waals surface area contributed by atoms with Gasteiger partial charge in [0.1, 0.15) is 0 Å². The summed E-state index contributed by atoms with van der Waals surface area (Å²) in [6, 6.07) is 12.6. The molecular weight excluding hydrogens is 344 g/mol. The summed E-state index contributed by atoms with van der Waals surface area (Å²) >= 11 is 0. The highest BCUT2D eigenvalue weighted by molar-refractivity contribution is 6.07. The van der Waals surface area contributed by atoms with E-state index in [2.05, 4.69) is 10.2 Å². The average molecular weight is 368 g/mol. The Balaban J connectivity index is 1.89. The van der Waals surface area contributed by atoms with Crippen LogP contribution in [0.25, 0.3) is 0 Å². The van der Waals surface area contributed by atoms with Crippen LogP contribution in [0.3, 0.4) is 0 Å². The molecule has 2 aromatic carbocycles. The fraction of sp³-hybridized carbons (Fsp3) is 0.333. The molecule has 142 valence electrons. The van der Waals surface area contributed by atoms with Crippen LogP contribution in [0.5, 0.6) is 0 Å². The topological polar surface area (TPSA) is 67.9 Å². The standard InChI is InChI=1S/C21H24N2O4/c1-26-14-15-6-5-7-16(12-15)20(24)22-18-13-17(21(25)27-2)8-9-19(18)23-10-3-4-11-23/h5-9,12-13H,3-4,10-11,14H2,1-2H3,(H,22,24). The van der Waals surface area contributed by atoms with Crippen molar-refractivity contribution in [1.29, 1.82) is 0 Å². The van der Waals surface area contributed by atoms with Gasteiger partial charge in [-0.25, -0.2) is 4.79 Å². The number of esters is 1. The number of ether oxygens (including phenoxy) is 2. The van der Waals surface area contributed by atoms with Crippen LogP contribution in [0, 0.1) is 0 Å². The Morgan fingerprint density at radius 2 is 1.81 bits per heavy atom. The van der Waals surface area contributed by atoms with Crippen LogP contribution in [0.15, 0.2) is 42.5 Å². The second-order valence-electron chi connectivity index (χ2n) is 6.51. The largest absolute Gasteiger partial charge is 0.465 e. The highest BCUT2D eigenvalue weighted by Gasteiger charge is 2.19. The lowest BCUT2D eigenvalue weighted by Crippen LogP contribution is -2.21. The van der Waals surface area contributed by atoms with Gasteiger partial charge >= 0.3 is 5.97 Å². The lowest BCUT2D eigenvalue weighted by molar-refractivity contribution is 0.0600. The molecule has 1 N–H and O–H groups in total. The minimum atomic E-state index is -0.430. The maximum absolute atomic E-state index is 12.8. The molecule has 6 nitrogen and oxygen atoms in total. The van der Waals surface area contributed by atoms with Gasteiger partial charge in [-0.15, -0.1) is 0 Å². The van der Waals surface area contributed by atoms with Crippen LogP contribution in [0.1, 0.15) is 39.1 Å². The minimum absolute atomic E-state index is 0.226. The first-order valence-corrected chi connectivity index (χ1v) is 8.99. The number of carbonyl (C=O) groups is 2. The third kappa shape index (κ3) is 4.46. The van der Waals surface area contributed by atoms with Crippen molar-refractivity contribution in [3.05, 3.63) is 59.2 Å². The minimum Gasteiger partial charge on any atom is -0.465 e. The summed E-state index contributed by atoms with van der Waals surface area (Å²) in [5.74, 6) is -0.657. The third-order valence-corrected chi connectivity index (χ3v) is 4.61. The number of benzene rings is 2. The molecule has 0 spiro atoms. The molecule has 0 unspecified atom stereocenters. The molecule has 1 amide bonds. The van der Waals surface area contributed by atoms with E-state index in [1.165, 1.54) is 7.11 Å². The van der Waals surface area contributed by atoms with Crippen molar-refractivity contribution in [2.45, 2.75) is 19.4 Å². The summed E-state index contributed by atoms with van der Waals surface area (Å²) in [7, 11) is 2.96. The van der Waals surface area contributed by atoms with Crippen molar-refractivity contribution in [2.24, 2.45) is 0 Å². The van der Waals surface area contributed by atoms with Crippen LogP contribution in [-0.4, -0.2) is 39.2 Å². The van der Waals surface area contributed by atoms with Crippen molar-refractivity contribution < 1.29 is 19.1 Å². The second kappa shape index (κ2) is 8.68. The number of nitrogens with zero attached hydrogens (tertiary/aromatic N) is 1. The number of rotatable bonds is 6. The van der Waals surface area contributed by atoms with Crippen molar-refractivity contribution >= 4 is 23.3 Å². The zero-order chi connectivity index (χ0) is 19.2. The van der Waals surface area contributed by atoms with E-state index in [1.807, 2.05) is 18.2 Å². The number of hydrogen-bond donors (Lipinski definition) is 1. The molecule has 2 aromatic rings. The molecule has 6 heteroatoms. The van der Waals surface area contributed by atoms with Gasteiger partial charge in [0.05, 0.1) is 30.7 Å². The van der Waals surface area contributed by atoms with Gasteiger partial charge in [0, 0.05) is 25.8 Å². The molecule has 0 atom stereocenters. The fourth-order valence-corrected chi connectivity index (χ4v) is 3.28. The number of amides is 1. The Hall–Kier alpha value is -2.86. The third-order valence-electron chi connectivity index (χ3n) is 4.61. The summed E-state index contributed by atoms with van der Waals surface area (Å²) in [4.78, 5) is 26.9. The molecular formula is C21H24N2O4. The normalized spacial score (nSPS) is 13.5. The van der Waals surface area contributed by atoms with E-state index in [4.69, 9.17) is 9.47 Å². The SMILES string of the molecule is COCc1cccc(C(=O)Nc2cc(C(=O)OC)ccc2N2CCCC2)c1. The quantitative estimate of drug-likeness (QED) is 0.791.